The second-order valence-electron chi connectivity index (χ2n) is 12.6. The second kappa shape index (κ2) is 9.89. The molecule has 5 nitrogen and oxygen atoms in total. The summed E-state index contributed by atoms with van der Waals surface area (Å²) < 4.78 is 12.1. The molecule has 0 unspecified atom stereocenters. The van der Waals surface area contributed by atoms with Crippen LogP contribution in [0.1, 0.15) is 45.7 Å². The van der Waals surface area contributed by atoms with Gasteiger partial charge in [0.25, 0.3) is 0 Å². The molecule has 1 aliphatic heterocycles. The first-order valence-corrected chi connectivity index (χ1v) is 14.9. The summed E-state index contributed by atoms with van der Waals surface area (Å²) in [5.41, 5.74) is 7.41. The summed E-state index contributed by atoms with van der Waals surface area (Å²) in [6.45, 7) is 12.3. The van der Waals surface area contributed by atoms with Crippen LogP contribution in [0.2, 0.25) is 0 Å². The number of ether oxygens (including phenoxy) is 1. The van der Waals surface area contributed by atoms with E-state index in [0.29, 0.717) is 0 Å². The topological polar surface area (TPSA) is 35.2 Å². The van der Waals surface area contributed by atoms with E-state index in [9.17, 15) is 0 Å². The molecule has 1 aliphatic rings. The molecule has 0 N–H and O–H groups in total. The Morgan fingerprint density at radius 3 is 2.40 bits per heavy atom. The van der Waals surface area contributed by atoms with Crippen molar-refractivity contribution in [2.24, 2.45) is 12.5 Å². The Kier molecular flexibility index (Phi) is 6.62. The van der Waals surface area contributed by atoms with Crippen molar-refractivity contribution in [3.05, 3.63) is 100.0 Å². The number of anilines is 2. The van der Waals surface area contributed by atoms with Gasteiger partial charge in [-0.05, 0) is 17.0 Å². The van der Waals surface area contributed by atoms with Crippen molar-refractivity contribution in [1.82, 2.24) is 14.1 Å². The molecule has 0 saturated carbocycles. The number of fused-ring (bicyclic) bond motifs is 2. The molecule has 0 amide bonds. The van der Waals surface area contributed by atoms with Gasteiger partial charge in [-0.3, -0.25) is 0 Å². The van der Waals surface area contributed by atoms with E-state index in [4.69, 9.17) is 9.72 Å². The van der Waals surface area contributed by atoms with Gasteiger partial charge in [0.1, 0.15) is 0 Å². The first kappa shape index (κ1) is 26.8. The average Bonchev–Trinajstić information content (AvgIpc) is 3.17. The van der Waals surface area contributed by atoms with Gasteiger partial charge in [-0.1, -0.05) is 34.6 Å². The Balaban J connectivity index is 1.37. The van der Waals surface area contributed by atoms with Gasteiger partial charge < -0.3 is 0 Å². The summed E-state index contributed by atoms with van der Waals surface area (Å²) in [5, 5.41) is 0. The van der Waals surface area contributed by atoms with Crippen LogP contribution in [0.3, 0.4) is 0 Å². The van der Waals surface area contributed by atoms with Gasteiger partial charge in [0.15, 0.2) is 0 Å². The molecular formula is C34H36N4OPt. The zero-order valence-corrected chi connectivity index (χ0v) is 26.3. The van der Waals surface area contributed by atoms with E-state index >= 15 is 0 Å². The Hall–Kier alpha value is -3.43. The average molecular weight is 712 g/mol. The van der Waals surface area contributed by atoms with Gasteiger partial charge in [0, 0.05) is 6.20 Å². The predicted octanol–water partition coefficient (Wildman–Crippen LogP) is 8.25. The minimum absolute atomic E-state index is 0.0573. The summed E-state index contributed by atoms with van der Waals surface area (Å²) in [7, 11) is 2.10. The van der Waals surface area contributed by atoms with Gasteiger partial charge >= 0.3 is 190 Å². The Morgan fingerprint density at radius 1 is 0.875 bits per heavy atom. The first-order chi connectivity index (χ1) is 19.0. The molecule has 2 aromatic heterocycles. The Labute approximate surface area is 247 Å². The second-order valence-corrected chi connectivity index (χ2v) is 13.6. The molecule has 3 aromatic carbocycles. The van der Waals surface area contributed by atoms with Crippen LogP contribution in [-0.2, 0) is 38.2 Å². The first-order valence-electron chi connectivity index (χ1n) is 13.8. The maximum atomic E-state index is 6.51. The van der Waals surface area contributed by atoms with Crippen molar-refractivity contribution < 1.29 is 24.1 Å². The number of para-hydroxylation sites is 2. The summed E-state index contributed by atoms with van der Waals surface area (Å²) in [4.78, 5) is 7.18. The van der Waals surface area contributed by atoms with Crippen molar-refractivity contribution >= 4 is 22.5 Å². The van der Waals surface area contributed by atoms with E-state index < -0.39 is 0 Å². The van der Waals surface area contributed by atoms with Crippen molar-refractivity contribution in [3.63, 3.8) is 0 Å². The summed E-state index contributed by atoms with van der Waals surface area (Å²) >= 11 is 2.39. The Bertz CT molecular complexity index is 1790. The van der Waals surface area contributed by atoms with Crippen molar-refractivity contribution in [2.75, 3.05) is 11.4 Å². The SMILES string of the molecule is Cn1[c](=[Pt])n(-c2cccc(Oc3ccc4c(c3)N(c3cc(C(C)(C)C)ccn3)CC(C)(C)C4)c2)c2ccccc21. The molecule has 0 radical (unpaired) electrons. The van der Waals surface area contributed by atoms with Gasteiger partial charge in [-0.15, -0.1) is 0 Å². The molecule has 40 heavy (non-hydrogen) atoms. The zero-order valence-electron chi connectivity index (χ0n) is 24.0. The fraction of sp³-hybridized carbons (Fsp3) is 0.294. The molecule has 0 saturated heterocycles. The molecule has 6 rings (SSSR count). The van der Waals surface area contributed by atoms with Crippen LogP contribution < -0.4 is 9.64 Å². The summed E-state index contributed by atoms with van der Waals surface area (Å²) in [5.74, 6) is 2.62. The van der Waals surface area contributed by atoms with Crippen LogP contribution in [0.5, 0.6) is 11.5 Å². The van der Waals surface area contributed by atoms with Crippen LogP contribution in [0, 0.1) is 9.22 Å². The van der Waals surface area contributed by atoms with E-state index in [2.05, 4.69) is 148 Å². The molecule has 6 heteroatoms. The minimum atomic E-state index is 0.0573. The number of hydrogen-bond acceptors (Lipinski definition) is 3. The van der Waals surface area contributed by atoms with Crippen LogP contribution >= 0.6 is 0 Å². The monoisotopic (exact) mass is 711 g/mol. The third kappa shape index (κ3) is 4.97. The number of aryl methyl sites for hydroxylation is 1. The number of benzene rings is 3. The number of nitrogens with zero attached hydrogens (tertiary/aromatic N) is 4. The molecule has 0 atom stereocenters. The van der Waals surface area contributed by atoms with Crippen LogP contribution in [-0.4, -0.2) is 20.7 Å². The predicted molar refractivity (Wildman–Crippen MR) is 159 cm³/mol. The van der Waals surface area contributed by atoms with Gasteiger partial charge in [-0.2, -0.15) is 0 Å². The molecular weight excluding hydrogens is 675 g/mol. The third-order valence-corrected chi connectivity index (χ3v) is 8.98. The standard InChI is InChI=1S/C34H36N4O.Pt/c1-33(2,3)25-16-17-35-32(18-25)37-22-34(4,5)21-24-14-15-28(20-31(24)37)39-27-11-9-10-26(19-27)38-23-36(6)29-12-7-8-13-30(29)38;/h7-20H,21-22H2,1-6H3;. The van der Waals surface area contributed by atoms with Crippen molar-refractivity contribution in [2.45, 2.75) is 46.5 Å². The van der Waals surface area contributed by atoms with Crippen molar-refractivity contribution in [3.8, 4) is 17.2 Å². The van der Waals surface area contributed by atoms with Gasteiger partial charge in [0.05, 0.1) is 0 Å². The molecule has 0 spiro atoms. The summed E-state index contributed by atoms with van der Waals surface area (Å²) in [6.07, 6.45) is 2.96. The number of pyridine rings is 1. The quantitative estimate of drug-likeness (QED) is 0.189. The maximum absolute atomic E-state index is 6.51. The van der Waals surface area contributed by atoms with Crippen LogP contribution in [0.15, 0.2) is 85.1 Å². The third-order valence-electron chi connectivity index (χ3n) is 7.71. The fourth-order valence-electron chi connectivity index (χ4n) is 5.66. The zero-order chi connectivity index (χ0) is 28.2. The van der Waals surface area contributed by atoms with E-state index in [0.717, 1.165) is 39.8 Å². The number of imidazole rings is 1. The van der Waals surface area contributed by atoms with E-state index in [1.54, 1.807) is 0 Å². The molecule has 3 heterocycles. The molecule has 0 aliphatic carbocycles. The molecule has 0 bridgehead atoms. The molecule has 208 valence electrons. The molecule has 5 aromatic rings. The molecule has 0 fully saturated rings. The van der Waals surface area contributed by atoms with Crippen molar-refractivity contribution in [1.29, 1.82) is 0 Å². The van der Waals surface area contributed by atoms with Gasteiger partial charge in [0.2, 0.25) is 0 Å². The van der Waals surface area contributed by atoms with E-state index in [-0.39, 0.29) is 10.8 Å². The van der Waals surface area contributed by atoms with E-state index in [1.165, 1.54) is 27.8 Å². The normalized spacial score (nSPS) is 14.8. The van der Waals surface area contributed by atoms with Gasteiger partial charge in [-0.25, -0.2) is 0 Å². The van der Waals surface area contributed by atoms with Crippen LogP contribution in [0.4, 0.5) is 11.5 Å². The summed E-state index contributed by atoms with van der Waals surface area (Å²) in [6, 6.07) is 27.7. The number of rotatable bonds is 4. The fourth-order valence-corrected chi connectivity index (χ4v) is 6.50. The number of aromatic nitrogens is 3. The Morgan fingerprint density at radius 2 is 1.62 bits per heavy atom. The number of hydrogen-bond donors (Lipinski definition) is 0. The van der Waals surface area contributed by atoms with Crippen LogP contribution in [0.25, 0.3) is 16.7 Å². The van der Waals surface area contributed by atoms with E-state index in [1.807, 2.05) is 12.3 Å².